The molecule has 26 heavy (non-hydrogen) atoms. The van der Waals surface area contributed by atoms with E-state index in [0.29, 0.717) is 5.88 Å². The van der Waals surface area contributed by atoms with Crippen LogP contribution in [-0.2, 0) is 6.42 Å². The number of pyridine rings is 2. The Morgan fingerprint density at radius 3 is 2.85 bits per heavy atom. The highest BCUT2D eigenvalue weighted by molar-refractivity contribution is 5.86. The minimum atomic E-state index is -0.0221. The van der Waals surface area contributed by atoms with E-state index in [4.69, 9.17) is 9.72 Å². The van der Waals surface area contributed by atoms with Crippen molar-refractivity contribution in [2.24, 2.45) is 0 Å². The van der Waals surface area contributed by atoms with E-state index in [1.54, 1.807) is 0 Å². The van der Waals surface area contributed by atoms with Crippen LogP contribution in [0, 0.1) is 0 Å². The number of hydrogen-bond acceptors (Lipinski definition) is 5. The van der Waals surface area contributed by atoms with Crippen molar-refractivity contribution >= 4 is 16.6 Å². The smallest absolute Gasteiger partial charge is 0.221 e. The number of rotatable bonds is 3. The molecular formula is C21H22N4O. The number of nitrogens with one attached hydrogen (secondary N) is 1. The topological polar surface area (TPSA) is 50.3 Å². The molecule has 2 aromatic heterocycles. The van der Waals surface area contributed by atoms with Gasteiger partial charge in [-0.2, -0.15) is 0 Å². The maximum Gasteiger partial charge on any atom is 0.221 e. The van der Waals surface area contributed by atoms with Gasteiger partial charge in [0.05, 0.1) is 5.69 Å². The van der Waals surface area contributed by atoms with Gasteiger partial charge in [0.1, 0.15) is 11.9 Å². The minimum Gasteiger partial charge on any atom is -0.467 e. The highest BCUT2D eigenvalue weighted by atomic mass is 16.5. The number of anilines is 1. The van der Waals surface area contributed by atoms with E-state index in [-0.39, 0.29) is 6.10 Å². The van der Waals surface area contributed by atoms with Crippen LogP contribution in [0.1, 0.15) is 23.8 Å². The van der Waals surface area contributed by atoms with Gasteiger partial charge in [-0.1, -0.05) is 24.3 Å². The molecule has 5 heteroatoms. The third-order valence-electron chi connectivity index (χ3n) is 5.31. The van der Waals surface area contributed by atoms with Gasteiger partial charge in [0.15, 0.2) is 0 Å². The zero-order valence-electron chi connectivity index (χ0n) is 14.7. The average Bonchev–Trinajstić information content (AvgIpc) is 3.11. The number of aryl methyl sites for hydroxylation is 1. The van der Waals surface area contributed by atoms with E-state index in [2.05, 4.69) is 39.5 Å². The van der Waals surface area contributed by atoms with Crippen LogP contribution in [0.5, 0.6) is 5.88 Å². The molecule has 1 aliphatic carbocycles. The first-order valence-corrected chi connectivity index (χ1v) is 9.34. The monoisotopic (exact) mass is 346 g/mol. The first-order chi connectivity index (χ1) is 12.9. The Morgan fingerprint density at radius 2 is 1.92 bits per heavy atom. The van der Waals surface area contributed by atoms with Crippen LogP contribution in [0.4, 0.5) is 5.82 Å². The van der Waals surface area contributed by atoms with Crippen molar-refractivity contribution in [2.75, 3.05) is 31.1 Å². The predicted octanol–water partition coefficient (Wildman–Crippen LogP) is 3.11. The summed E-state index contributed by atoms with van der Waals surface area (Å²) in [6.45, 7) is 4.03. The second-order valence-electron chi connectivity index (χ2n) is 6.93. The zero-order valence-corrected chi connectivity index (χ0v) is 14.7. The zero-order chi connectivity index (χ0) is 17.3. The summed E-state index contributed by atoms with van der Waals surface area (Å²) in [5.74, 6) is 1.77. The van der Waals surface area contributed by atoms with Crippen LogP contribution in [0.2, 0.25) is 0 Å². The Hall–Kier alpha value is -2.66. The predicted molar refractivity (Wildman–Crippen MR) is 103 cm³/mol. The van der Waals surface area contributed by atoms with Crippen molar-refractivity contribution in [2.45, 2.75) is 18.9 Å². The summed E-state index contributed by atoms with van der Waals surface area (Å²) in [5, 5.41) is 5.60. The lowest BCUT2D eigenvalue weighted by atomic mass is 10.2. The van der Waals surface area contributed by atoms with E-state index >= 15 is 0 Å². The maximum absolute atomic E-state index is 6.35. The van der Waals surface area contributed by atoms with Crippen LogP contribution < -0.4 is 15.0 Å². The fraction of sp³-hybridized carbons (Fsp3) is 0.333. The van der Waals surface area contributed by atoms with E-state index in [9.17, 15) is 0 Å². The first-order valence-electron chi connectivity index (χ1n) is 9.34. The van der Waals surface area contributed by atoms with Crippen molar-refractivity contribution in [1.82, 2.24) is 15.3 Å². The molecule has 132 valence electrons. The highest BCUT2D eigenvalue weighted by Crippen LogP contribution is 2.36. The van der Waals surface area contributed by atoms with Crippen LogP contribution in [0.15, 0.2) is 48.7 Å². The first kappa shape index (κ1) is 15.6. The van der Waals surface area contributed by atoms with Gasteiger partial charge in [0, 0.05) is 37.8 Å². The molecule has 0 amide bonds. The van der Waals surface area contributed by atoms with Gasteiger partial charge in [0.25, 0.3) is 0 Å². The molecule has 0 saturated carbocycles. The van der Waals surface area contributed by atoms with Crippen molar-refractivity contribution in [1.29, 1.82) is 0 Å². The lowest BCUT2D eigenvalue weighted by molar-refractivity contribution is 0.198. The summed E-state index contributed by atoms with van der Waals surface area (Å²) >= 11 is 0. The highest BCUT2D eigenvalue weighted by Gasteiger charge is 2.28. The van der Waals surface area contributed by atoms with Crippen molar-refractivity contribution in [3.05, 3.63) is 59.9 Å². The summed E-state index contributed by atoms with van der Waals surface area (Å²) in [5.41, 5.74) is 2.38. The Balaban J connectivity index is 1.45. The van der Waals surface area contributed by atoms with Crippen LogP contribution in [0.25, 0.3) is 10.8 Å². The molecule has 1 aliphatic heterocycles. The molecule has 1 N–H and O–H groups in total. The van der Waals surface area contributed by atoms with Gasteiger partial charge in [-0.15, -0.1) is 0 Å². The fourth-order valence-corrected chi connectivity index (χ4v) is 3.91. The molecule has 0 spiro atoms. The molecule has 3 aromatic rings. The summed E-state index contributed by atoms with van der Waals surface area (Å²) in [4.78, 5) is 11.8. The molecule has 1 aromatic carbocycles. The number of piperazine rings is 1. The summed E-state index contributed by atoms with van der Waals surface area (Å²) < 4.78 is 6.35. The van der Waals surface area contributed by atoms with Crippen LogP contribution in [0.3, 0.4) is 0 Å². The van der Waals surface area contributed by atoms with E-state index < -0.39 is 0 Å². The molecule has 5 rings (SSSR count). The molecule has 2 aliphatic rings. The van der Waals surface area contributed by atoms with Gasteiger partial charge in [-0.05, 0) is 42.0 Å². The molecule has 1 fully saturated rings. The van der Waals surface area contributed by atoms with Gasteiger partial charge >= 0.3 is 0 Å². The Bertz CT molecular complexity index is 931. The summed E-state index contributed by atoms with van der Waals surface area (Å²) in [6, 6.07) is 14.6. The average molecular weight is 346 g/mol. The second kappa shape index (κ2) is 6.57. The van der Waals surface area contributed by atoms with E-state index in [1.165, 1.54) is 5.56 Å². The normalized spacial score (nSPS) is 19.5. The molecule has 0 radical (unpaired) electrons. The number of benzene rings is 1. The standard InChI is InChI=1S/C21H22N4O/c1-2-4-17-15(3-1)9-10-23-21(17)26-18-7-5-16-6-8-19(24-20(16)18)25-13-11-22-12-14-25/h1-4,6,8-10,18,22H,5,7,11-14H2/t18-/m0/s1. The van der Waals surface area contributed by atoms with Gasteiger partial charge in [-0.3, -0.25) is 0 Å². The molecule has 1 saturated heterocycles. The minimum absolute atomic E-state index is 0.0221. The number of hydrogen-bond donors (Lipinski definition) is 1. The molecule has 0 bridgehead atoms. The largest absolute Gasteiger partial charge is 0.467 e. The van der Waals surface area contributed by atoms with Crippen molar-refractivity contribution in [3.63, 3.8) is 0 Å². The Kier molecular flexibility index (Phi) is 3.94. The number of fused-ring (bicyclic) bond motifs is 2. The second-order valence-corrected chi connectivity index (χ2v) is 6.93. The number of aromatic nitrogens is 2. The summed E-state index contributed by atoms with van der Waals surface area (Å²) in [7, 11) is 0. The third-order valence-corrected chi connectivity index (χ3v) is 5.31. The Morgan fingerprint density at radius 1 is 1.04 bits per heavy atom. The van der Waals surface area contributed by atoms with E-state index in [0.717, 1.165) is 61.3 Å². The third kappa shape index (κ3) is 2.78. The SMILES string of the molecule is c1ccc2c(O[C@H]3CCc4ccc(N5CCNCC5)nc43)nccc2c1. The number of ether oxygens (including phenoxy) is 1. The molecular weight excluding hydrogens is 324 g/mol. The Labute approximate surface area is 153 Å². The molecule has 5 nitrogen and oxygen atoms in total. The lowest BCUT2D eigenvalue weighted by Crippen LogP contribution is -2.44. The van der Waals surface area contributed by atoms with Gasteiger partial charge < -0.3 is 15.0 Å². The van der Waals surface area contributed by atoms with E-state index in [1.807, 2.05) is 24.4 Å². The maximum atomic E-state index is 6.35. The van der Waals surface area contributed by atoms with Gasteiger partial charge in [-0.25, -0.2) is 9.97 Å². The quantitative estimate of drug-likeness (QED) is 0.790. The fourth-order valence-electron chi connectivity index (χ4n) is 3.91. The molecule has 3 heterocycles. The van der Waals surface area contributed by atoms with Crippen LogP contribution >= 0.6 is 0 Å². The van der Waals surface area contributed by atoms with Crippen LogP contribution in [-0.4, -0.2) is 36.1 Å². The summed E-state index contributed by atoms with van der Waals surface area (Å²) in [6.07, 6.45) is 3.77. The number of nitrogens with zero attached hydrogens (tertiary/aromatic N) is 3. The van der Waals surface area contributed by atoms with Crippen molar-refractivity contribution < 1.29 is 4.74 Å². The molecule has 0 unspecified atom stereocenters. The van der Waals surface area contributed by atoms with Gasteiger partial charge in [0.2, 0.25) is 5.88 Å². The lowest BCUT2D eigenvalue weighted by Gasteiger charge is -2.29. The molecule has 1 atom stereocenters. The van der Waals surface area contributed by atoms with Crippen molar-refractivity contribution in [3.8, 4) is 5.88 Å².